The lowest BCUT2D eigenvalue weighted by molar-refractivity contribution is -0.138. The van der Waals surface area contributed by atoms with Crippen molar-refractivity contribution in [1.29, 1.82) is 0 Å². The van der Waals surface area contributed by atoms with Gasteiger partial charge in [0, 0.05) is 32.1 Å². The van der Waals surface area contributed by atoms with E-state index in [1.54, 1.807) is 12.0 Å². The van der Waals surface area contributed by atoms with Gasteiger partial charge in [-0.15, -0.1) is 0 Å². The fourth-order valence-corrected chi connectivity index (χ4v) is 2.67. The summed E-state index contributed by atoms with van der Waals surface area (Å²) in [6, 6.07) is 9.88. The maximum absolute atomic E-state index is 12.4. The van der Waals surface area contributed by atoms with Crippen LogP contribution in [0, 0.1) is 0 Å². The Bertz CT molecular complexity index is 754. The molecule has 2 amide bonds. The van der Waals surface area contributed by atoms with Crippen LogP contribution in [-0.2, 0) is 14.3 Å². The van der Waals surface area contributed by atoms with Gasteiger partial charge in [0.1, 0.15) is 0 Å². The zero-order valence-electron chi connectivity index (χ0n) is 20.1. The van der Waals surface area contributed by atoms with Gasteiger partial charge in [0.2, 0.25) is 12.3 Å². The van der Waals surface area contributed by atoms with Crippen LogP contribution in [0.1, 0.15) is 54.4 Å². The second kappa shape index (κ2) is 12.9. The number of unbranched alkanes of at least 4 members (excludes halogenated alkanes) is 1. The van der Waals surface area contributed by atoms with Crippen LogP contribution in [0.3, 0.4) is 0 Å². The third-order valence-electron chi connectivity index (χ3n) is 4.87. The lowest BCUT2D eigenvalue weighted by atomic mass is 10.2. The van der Waals surface area contributed by atoms with Crippen molar-refractivity contribution in [1.82, 2.24) is 9.80 Å². The highest BCUT2D eigenvalue weighted by Gasteiger charge is 2.26. The lowest BCUT2D eigenvalue weighted by Crippen LogP contribution is -2.49. The molecule has 1 aliphatic rings. The van der Waals surface area contributed by atoms with Crippen LogP contribution in [0.4, 0.5) is 5.69 Å². The van der Waals surface area contributed by atoms with E-state index in [0.29, 0.717) is 13.1 Å². The molecule has 0 aliphatic carbocycles. The van der Waals surface area contributed by atoms with E-state index in [4.69, 9.17) is 4.74 Å². The molecule has 0 bridgehead atoms. The normalized spacial score (nSPS) is 15.4. The number of ether oxygens (including phenoxy) is 1. The number of allylic oxidation sites excluding steroid dienone is 2. The first-order chi connectivity index (χ1) is 14.6. The van der Waals surface area contributed by atoms with E-state index in [2.05, 4.69) is 12.0 Å². The molecule has 1 saturated heterocycles. The molecule has 7 heteroatoms. The van der Waals surface area contributed by atoms with Gasteiger partial charge in [0.15, 0.2) is 0 Å². The summed E-state index contributed by atoms with van der Waals surface area (Å²) < 4.78 is 4.94. The van der Waals surface area contributed by atoms with Crippen molar-refractivity contribution < 1.29 is 14.3 Å². The molecule has 1 heterocycles. The number of rotatable bonds is 7. The Morgan fingerprint density at radius 3 is 2.29 bits per heavy atom. The first-order valence-corrected chi connectivity index (χ1v) is 10.7. The van der Waals surface area contributed by atoms with Gasteiger partial charge < -0.3 is 14.5 Å². The van der Waals surface area contributed by atoms with Crippen LogP contribution >= 0.6 is 0 Å². The molecule has 2 rings (SSSR count). The number of carbonyl (C=O) groups is 2. The standard InChI is InChI=1S/C19H26N4O2.C5H12O/c1-4-5-11-20-23(18-9-7-6-8-10-18)17(3)16(2)22-13-12-21(15-24)14-19(22)25;1-5(2,3)6-4/h6-11,15H,4-5,12-14H2,1-3H3;1-4H3/b17-16+,20-11+;. The maximum atomic E-state index is 12.4. The fraction of sp³-hybridized carbons (Fsp3) is 0.542. The molecule has 0 N–H and O–H groups in total. The minimum Gasteiger partial charge on any atom is -0.379 e. The number of para-hydroxylation sites is 1. The number of hydrogen-bond acceptors (Lipinski definition) is 5. The van der Waals surface area contributed by atoms with Crippen molar-refractivity contribution in [2.75, 3.05) is 31.8 Å². The van der Waals surface area contributed by atoms with Gasteiger partial charge in [0.25, 0.3) is 0 Å². The van der Waals surface area contributed by atoms with Gasteiger partial charge in [-0.05, 0) is 53.2 Å². The predicted molar refractivity (Wildman–Crippen MR) is 127 cm³/mol. The molecule has 0 radical (unpaired) electrons. The van der Waals surface area contributed by atoms with Crippen LogP contribution in [0.25, 0.3) is 0 Å². The Morgan fingerprint density at radius 1 is 1.19 bits per heavy atom. The van der Waals surface area contributed by atoms with Crippen molar-refractivity contribution in [3.8, 4) is 0 Å². The number of nitrogens with zero attached hydrogens (tertiary/aromatic N) is 4. The molecular formula is C24H38N4O3. The first-order valence-electron chi connectivity index (χ1n) is 10.7. The number of methoxy groups -OCH3 is 1. The summed E-state index contributed by atoms with van der Waals surface area (Å²) in [4.78, 5) is 26.5. The maximum Gasteiger partial charge on any atom is 0.246 e. The Labute approximate surface area is 187 Å². The summed E-state index contributed by atoms with van der Waals surface area (Å²) in [5.41, 5.74) is 2.74. The van der Waals surface area contributed by atoms with Crippen molar-refractivity contribution >= 4 is 24.2 Å². The molecule has 1 aliphatic heterocycles. The average molecular weight is 431 g/mol. The van der Waals surface area contributed by atoms with Crippen molar-refractivity contribution in [3.05, 3.63) is 41.7 Å². The third-order valence-corrected chi connectivity index (χ3v) is 4.87. The quantitative estimate of drug-likeness (QED) is 0.368. The summed E-state index contributed by atoms with van der Waals surface area (Å²) >= 11 is 0. The first kappa shape index (κ1) is 26.4. The largest absolute Gasteiger partial charge is 0.379 e. The van der Waals surface area contributed by atoms with Gasteiger partial charge in [-0.25, -0.2) is 5.01 Å². The summed E-state index contributed by atoms with van der Waals surface area (Å²) in [5.74, 6) is -0.0688. The zero-order chi connectivity index (χ0) is 23.4. The second-order valence-electron chi connectivity index (χ2n) is 8.34. The molecule has 1 fully saturated rings. The number of piperazine rings is 1. The molecule has 0 aromatic heterocycles. The summed E-state index contributed by atoms with van der Waals surface area (Å²) in [5, 5.41) is 6.47. The van der Waals surface area contributed by atoms with Gasteiger partial charge in [-0.1, -0.05) is 31.5 Å². The van der Waals surface area contributed by atoms with Crippen molar-refractivity contribution in [3.63, 3.8) is 0 Å². The highest BCUT2D eigenvalue weighted by atomic mass is 16.5. The highest BCUT2D eigenvalue weighted by Crippen LogP contribution is 2.23. The molecule has 1 aromatic carbocycles. The summed E-state index contributed by atoms with van der Waals surface area (Å²) in [7, 11) is 1.71. The van der Waals surface area contributed by atoms with E-state index in [1.807, 2.05) is 76.2 Å². The minimum atomic E-state index is -0.0688. The Kier molecular flexibility index (Phi) is 11.0. The number of carbonyl (C=O) groups excluding carboxylic acids is 2. The van der Waals surface area contributed by atoms with Crippen molar-refractivity contribution in [2.24, 2.45) is 5.10 Å². The van der Waals surface area contributed by atoms with Crippen LogP contribution in [0.15, 0.2) is 46.8 Å². The van der Waals surface area contributed by atoms with E-state index in [1.165, 1.54) is 4.90 Å². The number of hydrogen-bond donors (Lipinski definition) is 0. The van der Waals surface area contributed by atoms with Gasteiger partial charge in [0.05, 0.1) is 23.5 Å². The lowest BCUT2D eigenvalue weighted by Gasteiger charge is -2.34. The van der Waals surface area contributed by atoms with Gasteiger partial charge >= 0.3 is 0 Å². The van der Waals surface area contributed by atoms with E-state index >= 15 is 0 Å². The fourth-order valence-electron chi connectivity index (χ4n) is 2.67. The van der Waals surface area contributed by atoms with E-state index in [9.17, 15) is 9.59 Å². The SMILES string of the molecule is CCC/C=N/N(/C(C)=C(\C)N1CCN(C=O)CC1=O)c1ccccc1.COC(C)(C)C. The molecule has 172 valence electrons. The summed E-state index contributed by atoms with van der Waals surface area (Å²) in [6.07, 6.45) is 4.55. The molecule has 0 spiro atoms. The van der Waals surface area contributed by atoms with Crippen LogP contribution in [0.2, 0.25) is 0 Å². The third kappa shape index (κ3) is 8.92. The monoisotopic (exact) mass is 430 g/mol. The number of hydrazone groups is 1. The van der Waals surface area contributed by atoms with E-state index in [-0.39, 0.29) is 18.1 Å². The van der Waals surface area contributed by atoms with Gasteiger partial charge in [-0.3, -0.25) is 9.59 Å². The minimum absolute atomic E-state index is 0.0417. The highest BCUT2D eigenvalue weighted by molar-refractivity contribution is 5.83. The number of benzene rings is 1. The topological polar surface area (TPSA) is 65.5 Å². The van der Waals surface area contributed by atoms with E-state index < -0.39 is 0 Å². The molecule has 7 nitrogen and oxygen atoms in total. The second-order valence-corrected chi connectivity index (χ2v) is 8.34. The van der Waals surface area contributed by atoms with E-state index in [0.717, 1.165) is 36.3 Å². The smallest absolute Gasteiger partial charge is 0.246 e. The number of amides is 2. The van der Waals surface area contributed by atoms with Gasteiger partial charge in [-0.2, -0.15) is 5.10 Å². The molecule has 0 saturated carbocycles. The van der Waals surface area contributed by atoms with Crippen LogP contribution in [0.5, 0.6) is 0 Å². The Hall–Kier alpha value is -2.67. The van der Waals surface area contributed by atoms with Crippen LogP contribution < -0.4 is 5.01 Å². The number of anilines is 1. The van der Waals surface area contributed by atoms with Crippen molar-refractivity contribution in [2.45, 2.75) is 60.0 Å². The predicted octanol–water partition coefficient (Wildman–Crippen LogP) is 4.26. The molecule has 0 atom stereocenters. The Morgan fingerprint density at radius 2 is 1.81 bits per heavy atom. The average Bonchev–Trinajstić information content (AvgIpc) is 2.76. The molecular weight excluding hydrogens is 392 g/mol. The molecule has 31 heavy (non-hydrogen) atoms. The summed E-state index contributed by atoms with van der Waals surface area (Å²) in [6.45, 7) is 13.2. The molecule has 0 unspecified atom stereocenters. The molecule has 1 aromatic rings. The van der Waals surface area contributed by atoms with Crippen LogP contribution in [-0.4, -0.2) is 60.7 Å². The Balaban J connectivity index is 0.000000703. The zero-order valence-corrected chi connectivity index (χ0v) is 20.1.